The van der Waals surface area contributed by atoms with Crippen molar-refractivity contribution in [2.45, 2.75) is 52.1 Å². The van der Waals surface area contributed by atoms with Crippen LogP contribution in [0.25, 0.3) is 0 Å². The molecule has 0 spiro atoms. The van der Waals surface area contributed by atoms with Crippen LogP contribution in [0.5, 0.6) is 0 Å². The monoisotopic (exact) mass is 414 g/mol. The molecule has 1 aliphatic carbocycles. The van der Waals surface area contributed by atoms with Crippen molar-refractivity contribution in [2.75, 3.05) is 11.9 Å². The summed E-state index contributed by atoms with van der Waals surface area (Å²) in [6, 6.07) is 6.55. The molecule has 1 N–H and O–H groups in total. The van der Waals surface area contributed by atoms with Gasteiger partial charge < -0.3 is 10.1 Å². The summed E-state index contributed by atoms with van der Waals surface area (Å²) in [6.45, 7) is 2.78. The lowest BCUT2D eigenvalue weighted by Gasteiger charge is -2.19. The normalized spacial score (nSPS) is 21.7. The fourth-order valence-corrected chi connectivity index (χ4v) is 4.10. The molecule has 0 aromatic heterocycles. The highest BCUT2D eigenvalue weighted by Crippen LogP contribution is 2.38. The van der Waals surface area contributed by atoms with Gasteiger partial charge in [-0.05, 0) is 38.8 Å². The minimum absolute atomic E-state index is 0.0367. The molecule has 8 heteroatoms. The van der Waals surface area contributed by atoms with Gasteiger partial charge in [0, 0.05) is 12.1 Å². The summed E-state index contributed by atoms with van der Waals surface area (Å²) in [5.41, 5.74) is 0.700. The molecule has 2 aliphatic rings. The van der Waals surface area contributed by atoms with Crippen LogP contribution in [-0.2, 0) is 23.9 Å². The topological polar surface area (TPSA) is 110 Å². The summed E-state index contributed by atoms with van der Waals surface area (Å²) in [7, 11) is 0. The quantitative estimate of drug-likeness (QED) is 0.417. The van der Waals surface area contributed by atoms with Crippen LogP contribution in [0.4, 0.5) is 5.69 Å². The van der Waals surface area contributed by atoms with E-state index >= 15 is 0 Å². The molecule has 2 fully saturated rings. The van der Waals surface area contributed by atoms with Crippen LogP contribution in [0, 0.1) is 11.8 Å². The van der Waals surface area contributed by atoms with E-state index in [1.165, 1.54) is 13.8 Å². The van der Waals surface area contributed by atoms with Gasteiger partial charge in [0.1, 0.15) is 0 Å². The first-order chi connectivity index (χ1) is 14.3. The first kappa shape index (κ1) is 21.7. The molecular weight excluding hydrogens is 388 g/mol. The molecule has 1 aromatic rings. The fraction of sp³-hybridized carbons (Fsp3) is 0.500. The van der Waals surface area contributed by atoms with Crippen molar-refractivity contribution in [2.24, 2.45) is 11.8 Å². The van der Waals surface area contributed by atoms with E-state index < -0.39 is 18.0 Å². The third kappa shape index (κ3) is 4.58. The van der Waals surface area contributed by atoms with Gasteiger partial charge in [-0.1, -0.05) is 25.0 Å². The van der Waals surface area contributed by atoms with Gasteiger partial charge in [0.25, 0.3) is 5.91 Å². The summed E-state index contributed by atoms with van der Waals surface area (Å²) in [6.07, 6.45) is 2.05. The third-order valence-electron chi connectivity index (χ3n) is 5.71. The van der Waals surface area contributed by atoms with Crippen LogP contribution >= 0.6 is 0 Å². The Morgan fingerprint density at radius 2 is 1.70 bits per heavy atom. The van der Waals surface area contributed by atoms with Crippen LogP contribution < -0.4 is 5.32 Å². The van der Waals surface area contributed by atoms with Crippen molar-refractivity contribution in [3.8, 4) is 0 Å². The lowest BCUT2D eigenvalue weighted by Crippen LogP contribution is -2.35. The number of anilines is 1. The SMILES string of the molecule is CC(=O)c1ccccc1NC(=O)[C@H](C)OC(=O)CCN1C(=O)[C@H]2CCCC[C@H]2C1=O. The maximum absolute atomic E-state index is 12.4. The van der Waals surface area contributed by atoms with Crippen LogP contribution in [0.2, 0.25) is 0 Å². The lowest BCUT2D eigenvalue weighted by atomic mass is 9.81. The van der Waals surface area contributed by atoms with E-state index in [9.17, 15) is 24.0 Å². The molecule has 1 saturated carbocycles. The van der Waals surface area contributed by atoms with Gasteiger partial charge >= 0.3 is 5.97 Å². The number of imide groups is 1. The first-order valence-electron chi connectivity index (χ1n) is 10.2. The molecule has 1 aliphatic heterocycles. The molecule has 0 unspecified atom stereocenters. The number of carbonyl (C=O) groups is 5. The number of Topliss-reactive ketones (excluding diaryl/α,β-unsaturated/α-hetero) is 1. The number of hydrogen-bond donors (Lipinski definition) is 1. The number of esters is 1. The maximum atomic E-state index is 12.4. The maximum Gasteiger partial charge on any atom is 0.308 e. The summed E-state index contributed by atoms with van der Waals surface area (Å²) >= 11 is 0. The Bertz CT molecular complexity index is 856. The number of fused-ring (bicyclic) bond motifs is 1. The Morgan fingerprint density at radius 3 is 2.30 bits per heavy atom. The van der Waals surface area contributed by atoms with Gasteiger partial charge in [-0.25, -0.2) is 0 Å². The molecular formula is C22H26N2O6. The van der Waals surface area contributed by atoms with Gasteiger partial charge in [-0.3, -0.25) is 28.9 Å². The highest BCUT2D eigenvalue weighted by atomic mass is 16.5. The highest BCUT2D eigenvalue weighted by Gasteiger charge is 2.47. The largest absolute Gasteiger partial charge is 0.452 e. The molecule has 0 bridgehead atoms. The van der Waals surface area contributed by atoms with E-state index in [0.29, 0.717) is 11.3 Å². The number of nitrogens with one attached hydrogen (secondary N) is 1. The summed E-state index contributed by atoms with van der Waals surface area (Å²) < 4.78 is 5.15. The molecule has 1 saturated heterocycles. The summed E-state index contributed by atoms with van der Waals surface area (Å²) in [4.78, 5) is 62.2. The zero-order chi connectivity index (χ0) is 21.8. The number of amides is 3. The summed E-state index contributed by atoms with van der Waals surface area (Å²) in [5, 5.41) is 2.59. The van der Waals surface area contributed by atoms with Gasteiger partial charge in [-0.15, -0.1) is 0 Å². The Kier molecular flexibility index (Phi) is 6.64. The van der Waals surface area contributed by atoms with Crippen LogP contribution in [0.15, 0.2) is 24.3 Å². The number of hydrogen-bond acceptors (Lipinski definition) is 6. The zero-order valence-corrected chi connectivity index (χ0v) is 17.2. The van der Waals surface area contributed by atoms with E-state index in [0.717, 1.165) is 30.6 Å². The van der Waals surface area contributed by atoms with E-state index in [1.807, 2.05) is 0 Å². The smallest absolute Gasteiger partial charge is 0.308 e. The number of likely N-dealkylation sites (tertiary alicyclic amines) is 1. The second-order valence-corrected chi connectivity index (χ2v) is 7.80. The lowest BCUT2D eigenvalue weighted by molar-refractivity contribution is -0.154. The fourth-order valence-electron chi connectivity index (χ4n) is 4.10. The van der Waals surface area contributed by atoms with E-state index in [2.05, 4.69) is 5.32 Å². The van der Waals surface area contributed by atoms with Gasteiger partial charge in [-0.2, -0.15) is 0 Å². The molecule has 3 rings (SSSR count). The standard InChI is InChI=1S/C22H26N2O6/c1-13(25)15-7-5-6-10-18(15)23-20(27)14(2)30-19(26)11-12-24-21(28)16-8-3-4-9-17(16)22(24)29/h5-7,10,14,16-17H,3-4,8-9,11-12H2,1-2H3,(H,23,27)/t14-,16-,17+/m0/s1. The average molecular weight is 414 g/mol. The Hall–Kier alpha value is -3.03. The van der Waals surface area contributed by atoms with Crippen molar-refractivity contribution in [3.63, 3.8) is 0 Å². The molecule has 8 nitrogen and oxygen atoms in total. The zero-order valence-electron chi connectivity index (χ0n) is 17.2. The van der Waals surface area contributed by atoms with Crippen LogP contribution in [-0.4, -0.2) is 47.0 Å². The number of carbonyl (C=O) groups excluding carboxylic acids is 5. The van der Waals surface area contributed by atoms with E-state index in [4.69, 9.17) is 4.74 Å². The second-order valence-electron chi connectivity index (χ2n) is 7.80. The highest BCUT2D eigenvalue weighted by molar-refractivity contribution is 6.06. The van der Waals surface area contributed by atoms with Crippen molar-refractivity contribution in [1.82, 2.24) is 4.90 Å². The second kappa shape index (κ2) is 9.19. The molecule has 3 amide bonds. The third-order valence-corrected chi connectivity index (χ3v) is 5.71. The average Bonchev–Trinajstić information content (AvgIpc) is 2.97. The molecule has 30 heavy (non-hydrogen) atoms. The van der Waals surface area contributed by atoms with Gasteiger partial charge in [0.15, 0.2) is 11.9 Å². The molecule has 3 atom stereocenters. The van der Waals surface area contributed by atoms with Crippen molar-refractivity contribution >= 4 is 35.2 Å². The number of nitrogens with zero attached hydrogens (tertiary/aromatic N) is 1. The number of ketones is 1. The van der Waals surface area contributed by atoms with Crippen LogP contribution in [0.1, 0.15) is 56.3 Å². The minimum atomic E-state index is -1.09. The molecule has 1 aromatic carbocycles. The van der Waals surface area contributed by atoms with Crippen LogP contribution in [0.3, 0.4) is 0 Å². The predicted octanol–water partition coefficient (Wildman–Crippen LogP) is 2.32. The Balaban J connectivity index is 1.51. The number of rotatable bonds is 7. The predicted molar refractivity (Wildman–Crippen MR) is 107 cm³/mol. The van der Waals surface area contributed by atoms with Crippen molar-refractivity contribution in [3.05, 3.63) is 29.8 Å². The number of ether oxygens (including phenoxy) is 1. The first-order valence-corrected chi connectivity index (χ1v) is 10.2. The number of para-hydroxylation sites is 1. The molecule has 1 heterocycles. The van der Waals surface area contributed by atoms with Gasteiger partial charge in [0.2, 0.25) is 11.8 Å². The summed E-state index contributed by atoms with van der Waals surface area (Å²) in [5.74, 6) is -2.37. The van der Waals surface area contributed by atoms with E-state index in [-0.39, 0.29) is 42.4 Å². The van der Waals surface area contributed by atoms with Gasteiger partial charge in [0.05, 0.1) is 23.9 Å². The molecule has 0 radical (unpaired) electrons. The van der Waals surface area contributed by atoms with Crippen molar-refractivity contribution in [1.29, 1.82) is 0 Å². The van der Waals surface area contributed by atoms with E-state index in [1.54, 1.807) is 24.3 Å². The Labute approximate surface area is 174 Å². The number of benzene rings is 1. The van der Waals surface area contributed by atoms with Crippen molar-refractivity contribution < 1.29 is 28.7 Å². The Morgan fingerprint density at radius 1 is 1.10 bits per heavy atom. The minimum Gasteiger partial charge on any atom is -0.452 e. The molecule has 160 valence electrons.